The lowest BCUT2D eigenvalue weighted by molar-refractivity contribution is -0.135. The Bertz CT molecular complexity index is 591. The minimum atomic E-state index is -0.625. The number of nitrogens with two attached hydrogens (primary N) is 1. The molecule has 0 bridgehead atoms. The molecule has 5 nitrogen and oxygen atoms in total. The van der Waals surface area contributed by atoms with E-state index < -0.39 is 6.04 Å². The van der Waals surface area contributed by atoms with E-state index in [1.807, 2.05) is 33.8 Å². The zero-order valence-electron chi connectivity index (χ0n) is 14.5. The third-order valence-corrected chi connectivity index (χ3v) is 4.45. The molecule has 0 aliphatic heterocycles. The molecule has 0 aliphatic carbocycles. The van der Waals surface area contributed by atoms with Gasteiger partial charge in [0, 0.05) is 12.6 Å². The van der Waals surface area contributed by atoms with Gasteiger partial charge >= 0.3 is 0 Å². The Labute approximate surface area is 153 Å². The van der Waals surface area contributed by atoms with Gasteiger partial charge in [-0.15, -0.1) is 0 Å². The monoisotopic (exact) mass is 373 g/mol. The summed E-state index contributed by atoms with van der Waals surface area (Å²) in [5.41, 5.74) is 6.64. The number of amides is 2. The number of carbonyl (C=O) groups excluding carboxylic acids is 2. The van der Waals surface area contributed by atoms with Crippen LogP contribution in [0.5, 0.6) is 0 Å². The topological polar surface area (TPSA) is 75.4 Å². The van der Waals surface area contributed by atoms with E-state index in [2.05, 4.69) is 5.32 Å². The Hall–Kier alpha value is -1.30. The number of hydrogen-bond acceptors (Lipinski definition) is 3. The standard InChI is InChI=1S/C17H25Cl2N3O2/c1-10(2)16(20)17(24)21-8-15(23)22(11(3)4)9-12-5-6-13(18)14(19)7-12/h5-7,10-11,16H,8-9,20H2,1-4H3,(H,21,24)/t16-/m0/s1. The largest absolute Gasteiger partial charge is 0.346 e. The molecule has 1 aromatic carbocycles. The summed E-state index contributed by atoms with van der Waals surface area (Å²) in [5.74, 6) is -0.491. The van der Waals surface area contributed by atoms with Gasteiger partial charge in [-0.1, -0.05) is 43.1 Å². The number of nitrogens with one attached hydrogen (secondary N) is 1. The predicted molar refractivity (Wildman–Crippen MR) is 98.0 cm³/mol. The minimum Gasteiger partial charge on any atom is -0.346 e. The third kappa shape index (κ3) is 5.96. The van der Waals surface area contributed by atoms with Crippen LogP contribution in [-0.4, -0.2) is 35.3 Å². The zero-order chi connectivity index (χ0) is 18.4. The molecular weight excluding hydrogens is 349 g/mol. The van der Waals surface area contributed by atoms with Crippen molar-refractivity contribution >= 4 is 35.0 Å². The molecule has 1 atom stereocenters. The first-order valence-corrected chi connectivity index (χ1v) is 8.65. The quantitative estimate of drug-likeness (QED) is 0.771. The summed E-state index contributed by atoms with van der Waals surface area (Å²) in [4.78, 5) is 26.0. The van der Waals surface area contributed by atoms with E-state index in [0.717, 1.165) is 5.56 Å². The molecule has 7 heteroatoms. The molecule has 0 spiro atoms. The molecule has 0 saturated carbocycles. The smallest absolute Gasteiger partial charge is 0.242 e. The average molecular weight is 374 g/mol. The van der Waals surface area contributed by atoms with Crippen molar-refractivity contribution in [2.75, 3.05) is 6.54 Å². The van der Waals surface area contributed by atoms with Gasteiger partial charge < -0.3 is 16.0 Å². The maximum absolute atomic E-state index is 12.4. The highest BCUT2D eigenvalue weighted by Gasteiger charge is 2.21. The van der Waals surface area contributed by atoms with Gasteiger partial charge in [-0.3, -0.25) is 9.59 Å². The first-order valence-electron chi connectivity index (χ1n) is 7.90. The average Bonchev–Trinajstić information content (AvgIpc) is 2.51. The highest BCUT2D eigenvalue weighted by molar-refractivity contribution is 6.42. The lowest BCUT2D eigenvalue weighted by Gasteiger charge is -2.27. The fourth-order valence-electron chi connectivity index (χ4n) is 2.08. The highest BCUT2D eigenvalue weighted by atomic mass is 35.5. The van der Waals surface area contributed by atoms with Gasteiger partial charge in [0.1, 0.15) is 0 Å². The molecule has 134 valence electrons. The van der Waals surface area contributed by atoms with E-state index in [-0.39, 0.29) is 30.3 Å². The second-order valence-corrected chi connectivity index (χ2v) is 7.17. The first-order chi connectivity index (χ1) is 11.1. The fourth-order valence-corrected chi connectivity index (χ4v) is 2.40. The van der Waals surface area contributed by atoms with Crippen LogP contribution in [0.3, 0.4) is 0 Å². The van der Waals surface area contributed by atoms with Gasteiger partial charge in [-0.2, -0.15) is 0 Å². The van der Waals surface area contributed by atoms with Gasteiger partial charge in [-0.05, 0) is 37.5 Å². The van der Waals surface area contributed by atoms with E-state index in [9.17, 15) is 9.59 Å². The molecule has 1 aromatic rings. The summed E-state index contributed by atoms with van der Waals surface area (Å²) in [7, 11) is 0. The van der Waals surface area contributed by atoms with E-state index >= 15 is 0 Å². The van der Waals surface area contributed by atoms with E-state index in [4.69, 9.17) is 28.9 Å². The van der Waals surface area contributed by atoms with Crippen LogP contribution in [0.15, 0.2) is 18.2 Å². The van der Waals surface area contributed by atoms with Gasteiger partial charge in [-0.25, -0.2) is 0 Å². The van der Waals surface area contributed by atoms with Crippen molar-refractivity contribution in [2.45, 2.75) is 46.3 Å². The van der Waals surface area contributed by atoms with Crippen molar-refractivity contribution in [3.8, 4) is 0 Å². The lowest BCUT2D eigenvalue weighted by Crippen LogP contribution is -2.48. The molecule has 2 amide bonds. The Morgan fingerprint density at radius 1 is 1.17 bits per heavy atom. The molecule has 0 fully saturated rings. The van der Waals surface area contributed by atoms with Crippen LogP contribution in [0.1, 0.15) is 33.3 Å². The lowest BCUT2D eigenvalue weighted by atomic mass is 10.1. The Kier molecular flexibility index (Phi) is 8.00. The molecule has 0 radical (unpaired) electrons. The Morgan fingerprint density at radius 3 is 2.29 bits per heavy atom. The van der Waals surface area contributed by atoms with Gasteiger partial charge in [0.2, 0.25) is 11.8 Å². The van der Waals surface area contributed by atoms with Crippen LogP contribution in [-0.2, 0) is 16.1 Å². The maximum atomic E-state index is 12.4. The molecule has 0 unspecified atom stereocenters. The van der Waals surface area contributed by atoms with E-state index in [1.165, 1.54) is 0 Å². The van der Waals surface area contributed by atoms with Gasteiger partial charge in [0.15, 0.2) is 0 Å². The summed E-state index contributed by atoms with van der Waals surface area (Å²) < 4.78 is 0. The number of halogens is 2. The van der Waals surface area contributed by atoms with Crippen LogP contribution in [0.4, 0.5) is 0 Å². The molecule has 0 heterocycles. The van der Waals surface area contributed by atoms with Gasteiger partial charge in [0.25, 0.3) is 0 Å². The Balaban J connectivity index is 2.72. The molecular formula is C17H25Cl2N3O2. The molecule has 1 rings (SSSR count). The Morgan fingerprint density at radius 2 is 1.79 bits per heavy atom. The van der Waals surface area contributed by atoms with Crippen molar-refractivity contribution in [3.05, 3.63) is 33.8 Å². The SMILES string of the molecule is CC(C)[C@H](N)C(=O)NCC(=O)N(Cc1ccc(Cl)c(Cl)c1)C(C)C. The van der Waals surface area contributed by atoms with Crippen molar-refractivity contribution in [1.29, 1.82) is 0 Å². The first kappa shape index (κ1) is 20.7. The normalized spacial score (nSPS) is 12.4. The van der Waals surface area contributed by atoms with Crippen LogP contribution in [0.25, 0.3) is 0 Å². The molecule has 0 aromatic heterocycles. The zero-order valence-corrected chi connectivity index (χ0v) is 16.0. The van der Waals surface area contributed by atoms with Crippen LogP contribution < -0.4 is 11.1 Å². The summed E-state index contributed by atoms with van der Waals surface area (Å²) >= 11 is 11.9. The molecule has 0 aliphatic rings. The van der Waals surface area contributed by atoms with E-state index in [0.29, 0.717) is 16.6 Å². The maximum Gasteiger partial charge on any atom is 0.242 e. The molecule has 0 saturated heterocycles. The van der Waals surface area contributed by atoms with Crippen molar-refractivity contribution in [1.82, 2.24) is 10.2 Å². The summed E-state index contributed by atoms with van der Waals surface area (Å²) in [6, 6.07) is 4.61. The second-order valence-electron chi connectivity index (χ2n) is 6.35. The summed E-state index contributed by atoms with van der Waals surface area (Å²) in [5, 5.41) is 3.52. The van der Waals surface area contributed by atoms with E-state index in [1.54, 1.807) is 17.0 Å². The predicted octanol–water partition coefficient (Wildman–Crippen LogP) is 2.83. The molecule has 3 N–H and O–H groups in total. The van der Waals surface area contributed by atoms with Crippen molar-refractivity contribution in [2.24, 2.45) is 11.7 Å². The third-order valence-electron chi connectivity index (χ3n) is 3.72. The molecule has 24 heavy (non-hydrogen) atoms. The van der Waals surface area contributed by atoms with Crippen LogP contribution >= 0.6 is 23.2 Å². The highest BCUT2D eigenvalue weighted by Crippen LogP contribution is 2.23. The van der Waals surface area contributed by atoms with Crippen LogP contribution in [0, 0.1) is 5.92 Å². The van der Waals surface area contributed by atoms with Crippen molar-refractivity contribution in [3.63, 3.8) is 0 Å². The second kappa shape index (κ2) is 9.25. The number of benzene rings is 1. The minimum absolute atomic E-state index is 0.0116. The number of carbonyl (C=O) groups is 2. The number of nitrogens with zero attached hydrogens (tertiary/aromatic N) is 1. The fraction of sp³-hybridized carbons (Fsp3) is 0.529. The summed E-state index contributed by atoms with van der Waals surface area (Å²) in [6.07, 6.45) is 0. The number of hydrogen-bond donors (Lipinski definition) is 2. The number of rotatable bonds is 7. The van der Waals surface area contributed by atoms with Crippen molar-refractivity contribution < 1.29 is 9.59 Å². The summed E-state index contributed by atoms with van der Waals surface area (Å²) in [6.45, 7) is 7.85. The van der Waals surface area contributed by atoms with Crippen LogP contribution in [0.2, 0.25) is 10.0 Å². The van der Waals surface area contributed by atoms with Gasteiger partial charge in [0.05, 0.1) is 22.6 Å².